The van der Waals surface area contributed by atoms with Crippen LogP contribution in [0, 0.1) is 5.92 Å². The molecule has 82 valence electrons. The summed E-state index contributed by atoms with van der Waals surface area (Å²) < 4.78 is 0. The minimum Gasteiger partial charge on any atom is -0.359 e. The van der Waals surface area contributed by atoms with E-state index < -0.39 is 0 Å². The molecule has 1 unspecified atom stereocenters. The fraction of sp³-hybridized carbons (Fsp3) is 0.909. The Hall–Kier alpha value is -0.570. The van der Waals surface area contributed by atoms with E-state index in [0.717, 1.165) is 12.5 Å². The zero-order valence-corrected chi connectivity index (χ0v) is 9.31. The summed E-state index contributed by atoms with van der Waals surface area (Å²) in [5.41, 5.74) is 0. The van der Waals surface area contributed by atoms with Gasteiger partial charge in [0.15, 0.2) is 0 Å². The fourth-order valence-electron chi connectivity index (χ4n) is 1.87. The van der Waals surface area contributed by atoms with Gasteiger partial charge in [-0.05, 0) is 19.3 Å². The van der Waals surface area contributed by atoms with E-state index in [2.05, 4.69) is 17.6 Å². The summed E-state index contributed by atoms with van der Waals surface area (Å²) in [7, 11) is 1.68. The van der Waals surface area contributed by atoms with Crippen molar-refractivity contribution in [3.8, 4) is 0 Å². The van der Waals surface area contributed by atoms with Crippen molar-refractivity contribution in [2.24, 2.45) is 5.92 Å². The second-order valence-corrected chi connectivity index (χ2v) is 4.31. The first-order chi connectivity index (χ1) is 6.72. The molecule has 1 amide bonds. The highest BCUT2D eigenvalue weighted by atomic mass is 16.1. The zero-order chi connectivity index (χ0) is 10.4. The number of hydrogen-bond acceptors (Lipinski definition) is 2. The van der Waals surface area contributed by atoms with Crippen molar-refractivity contribution < 1.29 is 4.79 Å². The molecule has 0 aromatic heterocycles. The smallest absolute Gasteiger partial charge is 0.221 e. The van der Waals surface area contributed by atoms with Crippen molar-refractivity contribution in [2.75, 3.05) is 13.6 Å². The van der Waals surface area contributed by atoms with Crippen molar-refractivity contribution in [2.45, 2.75) is 45.1 Å². The maximum atomic E-state index is 10.9. The van der Waals surface area contributed by atoms with E-state index >= 15 is 0 Å². The van der Waals surface area contributed by atoms with Gasteiger partial charge in [-0.25, -0.2) is 0 Å². The van der Waals surface area contributed by atoms with Crippen LogP contribution in [0.4, 0.5) is 0 Å². The van der Waals surface area contributed by atoms with E-state index in [4.69, 9.17) is 0 Å². The highest BCUT2D eigenvalue weighted by Crippen LogP contribution is 2.30. The third kappa shape index (κ3) is 4.09. The third-order valence-corrected chi connectivity index (χ3v) is 3.04. The molecule has 2 N–H and O–H groups in total. The summed E-state index contributed by atoms with van der Waals surface area (Å²) in [6.07, 6.45) is 6.08. The van der Waals surface area contributed by atoms with Crippen LogP contribution in [-0.4, -0.2) is 25.5 Å². The number of amides is 1. The molecule has 0 bridgehead atoms. The Balaban J connectivity index is 1.96. The molecule has 0 radical (unpaired) electrons. The van der Waals surface area contributed by atoms with Crippen molar-refractivity contribution >= 4 is 5.91 Å². The summed E-state index contributed by atoms with van der Waals surface area (Å²) in [6.45, 7) is 3.01. The minimum absolute atomic E-state index is 0.119. The van der Waals surface area contributed by atoms with Crippen molar-refractivity contribution in [3.63, 3.8) is 0 Å². The molecule has 1 saturated carbocycles. The first-order valence-electron chi connectivity index (χ1n) is 5.66. The average molecular weight is 198 g/mol. The molecule has 0 aromatic carbocycles. The standard InChI is InChI=1S/C11H22N2O/c1-9(8-10-4-3-5-10)13-7-6-11(14)12-2/h9-10,13H,3-8H2,1-2H3,(H,12,14). The van der Waals surface area contributed by atoms with Crippen LogP contribution in [0.5, 0.6) is 0 Å². The van der Waals surface area contributed by atoms with E-state index in [-0.39, 0.29) is 5.91 Å². The predicted molar refractivity (Wildman–Crippen MR) is 58.1 cm³/mol. The Labute approximate surface area is 86.6 Å². The largest absolute Gasteiger partial charge is 0.359 e. The molecular formula is C11H22N2O. The summed E-state index contributed by atoms with van der Waals surface area (Å²) in [5, 5.41) is 6.01. The van der Waals surface area contributed by atoms with Crippen molar-refractivity contribution in [1.29, 1.82) is 0 Å². The lowest BCUT2D eigenvalue weighted by Gasteiger charge is -2.28. The van der Waals surface area contributed by atoms with E-state index in [1.54, 1.807) is 7.05 Å². The van der Waals surface area contributed by atoms with Crippen LogP contribution in [0.25, 0.3) is 0 Å². The maximum absolute atomic E-state index is 10.9. The average Bonchev–Trinajstić information content (AvgIpc) is 2.11. The Kier molecular flexibility index (Phi) is 4.94. The van der Waals surface area contributed by atoms with Crippen LogP contribution in [-0.2, 0) is 4.79 Å². The molecular weight excluding hydrogens is 176 g/mol. The summed E-state index contributed by atoms with van der Waals surface area (Å²) in [6, 6.07) is 0.560. The van der Waals surface area contributed by atoms with Crippen LogP contribution < -0.4 is 10.6 Å². The van der Waals surface area contributed by atoms with Crippen LogP contribution in [0.1, 0.15) is 39.0 Å². The second kappa shape index (κ2) is 6.02. The zero-order valence-electron chi connectivity index (χ0n) is 9.31. The summed E-state index contributed by atoms with van der Waals surface area (Å²) in [5.74, 6) is 1.06. The molecule has 0 spiro atoms. The van der Waals surface area contributed by atoms with Crippen molar-refractivity contribution in [3.05, 3.63) is 0 Å². The SMILES string of the molecule is CNC(=O)CCNC(C)CC1CCC1. The monoisotopic (exact) mass is 198 g/mol. The normalized spacial score (nSPS) is 18.7. The van der Waals surface area contributed by atoms with Crippen LogP contribution in [0.15, 0.2) is 0 Å². The molecule has 0 aliphatic heterocycles. The van der Waals surface area contributed by atoms with Gasteiger partial charge in [0.25, 0.3) is 0 Å². The predicted octanol–water partition coefficient (Wildman–Crippen LogP) is 1.29. The summed E-state index contributed by atoms with van der Waals surface area (Å²) in [4.78, 5) is 10.9. The Bertz CT molecular complexity index is 178. The van der Waals surface area contributed by atoms with Crippen LogP contribution in [0.3, 0.4) is 0 Å². The molecule has 1 aliphatic carbocycles. The third-order valence-electron chi connectivity index (χ3n) is 3.04. The van der Waals surface area contributed by atoms with Gasteiger partial charge < -0.3 is 10.6 Å². The molecule has 3 heteroatoms. The van der Waals surface area contributed by atoms with Gasteiger partial charge in [-0.2, -0.15) is 0 Å². The molecule has 1 fully saturated rings. The Morgan fingerprint density at radius 2 is 2.21 bits per heavy atom. The highest BCUT2D eigenvalue weighted by molar-refractivity contribution is 5.75. The molecule has 0 saturated heterocycles. The van der Waals surface area contributed by atoms with Crippen molar-refractivity contribution in [1.82, 2.24) is 10.6 Å². The number of carbonyl (C=O) groups excluding carboxylic acids is 1. The molecule has 14 heavy (non-hydrogen) atoms. The van der Waals surface area contributed by atoms with Gasteiger partial charge in [0.2, 0.25) is 5.91 Å². The quantitative estimate of drug-likeness (QED) is 0.675. The van der Waals surface area contributed by atoms with Gasteiger partial charge in [-0.1, -0.05) is 19.3 Å². The molecule has 3 nitrogen and oxygen atoms in total. The molecule has 1 atom stereocenters. The molecule has 0 aromatic rings. The van der Waals surface area contributed by atoms with Gasteiger partial charge in [0.05, 0.1) is 0 Å². The fourth-order valence-corrected chi connectivity index (χ4v) is 1.87. The number of rotatable bonds is 6. The van der Waals surface area contributed by atoms with Gasteiger partial charge in [-0.15, -0.1) is 0 Å². The Morgan fingerprint density at radius 1 is 1.50 bits per heavy atom. The molecule has 1 rings (SSSR count). The number of hydrogen-bond donors (Lipinski definition) is 2. The van der Waals surface area contributed by atoms with Gasteiger partial charge >= 0.3 is 0 Å². The summed E-state index contributed by atoms with van der Waals surface area (Å²) >= 11 is 0. The lowest BCUT2D eigenvalue weighted by Crippen LogP contribution is -2.33. The van der Waals surface area contributed by atoms with Gasteiger partial charge in [0, 0.05) is 26.1 Å². The topological polar surface area (TPSA) is 41.1 Å². The van der Waals surface area contributed by atoms with E-state index in [9.17, 15) is 4.79 Å². The van der Waals surface area contributed by atoms with Crippen LogP contribution in [0.2, 0.25) is 0 Å². The van der Waals surface area contributed by atoms with Crippen LogP contribution >= 0.6 is 0 Å². The second-order valence-electron chi connectivity index (χ2n) is 4.31. The van der Waals surface area contributed by atoms with Gasteiger partial charge in [0.1, 0.15) is 0 Å². The lowest BCUT2D eigenvalue weighted by atomic mass is 9.81. The maximum Gasteiger partial charge on any atom is 0.221 e. The highest BCUT2D eigenvalue weighted by Gasteiger charge is 2.19. The molecule has 0 heterocycles. The molecule has 1 aliphatic rings. The van der Waals surface area contributed by atoms with Gasteiger partial charge in [-0.3, -0.25) is 4.79 Å². The Morgan fingerprint density at radius 3 is 2.71 bits per heavy atom. The van der Waals surface area contributed by atoms with E-state index in [0.29, 0.717) is 12.5 Å². The first-order valence-corrected chi connectivity index (χ1v) is 5.66. The van der Waals surface area contributed by atoms with E-state index in [1.807, 2.05) is 0 Å². The number of nitrogens with one attached hydrogen (secondary N) is 2. The first kappa shape index (κ1) is 11.5. The minimum atomic E-state index is 0.119. The number of carbonyl (C=O) groups is 1. The lowest BCUT2D eigenvalue weighted by molar-refractivity contribution is -0.120. The van der Waals surface area contributed by atoms with E-state index in [1.165, 1.54) is 25.7 Å².